The molecule has 0 N–H and O–H groups in total. The molecule has 1 radical (unpaired) electrons. The molecule has 0 aliphatic carbocycles. The van der Waals surface area contributed by atoms with Crippen LogP contribution in [-0.2, 0) is 0 Å². The van der Waals surface area contributed by atoms with Gasteiger partial charge in [0.15, 0.2) is 0 Å². The van der Waals surface area contributed by atoms with Crippen LogP contribution < -0.4 is 0 Å². The lowest BCUT2D eigenvalue weighted by Crippen LogP contribution is -2.37. The Balaban J connectivity index is 1.75. The predicted octanol–water partition coefficient (Wildman–Crippen LogP) is 5.49. The summed E-state index contributed by atoms with van der Waals surface area (Å²) in [4.78, 5) is 2.67. The van der Waals surface area contributed by atoms with Gasteiger partial charge in [0.1, 0.15) is 0 Å². The monoisotopic (exact) mass is 306 g/mol. The SMILES string of the molecule is [CH2]CCCC1CCN(C(c2ccccc2)c2ccccc2)CC1. The van der Waals surface area contributed by atoms with Crippen LogP contribution in [0.5, 0.6) is 0 Å². The minimum Gasteiger partial charge on any atom is -0.292 e. The molecule has 23 heavy (non-hydrogen) atoms. The molecule has 3 rings (SSSR count). The Bertz CT molecular complexity index is 516. The van der Waals surface area contributed by atoms with Gasteiger partial charge in [-0.2, -0.15) is 0 Å². The molecule has 2 aromatic carbocycles. The van der Waals surface area contributed by atoms with Gasteiger partial charge in [-0.3, -0.25) is 4.90 Å². The topological polar surface area (TPSA) is 3.24 Å². The van der Waals surface area contributed by atoms with Gasteiger partial charge in [0.05, 0.1) is 6.04 Å². The zero-order chi connectivity index (χ0) is 15.9. The van der Waals surface area contributed by atoms with E-state index in [2.05, 4.69) is 72.5 Å². The van der Waals surface area contributed by atoms with Crippen molar-refractivity contribution in [2.75, 3.05) is 13.1 Å². The summed E-state index contributed by atoms with van der Waals surface area (Å²) in [7, 11) is 0. The molecule has 2 aromatic rings. The van der Waals surface area contributed by atoms with Crippen molar-refractivity contribution in [3.63, 3.8) is 0 Å². The van der Waals surface area contributed by atoms with Crippen LogP contribution in [0.2, 0.25) is 0 Å². The van der Waals surface area contributed by atoms with E-state index in [-0.39, 0.29) is 0 Å². The van der Waals surface area contributed by atoms with E-state index in [0.29, 0.717) is 6.04 Å². The molecule has 1 aliphatic heterocycles. The van der Waals surface area contributed by atoms with Crippen LogP contribution in [0.4, 0.5) is 0 Å². The van der Waals surface area contributed by atoms with Crippen molar-refractivity contribution < 1.29 is 0 Å². The average Bonchev–Trinajstić information content (AvgIpc) is 2.63. The predicted molar refractivity (Wildman–Crippen MR) is 98.2 cm³/mol. The molecule has 0 unspecified atom stereocenters. The summed E-state index contributed by atoms with van der Waals surface area (Å²) in [6.45, 7) is 6.39. The fourth-order valence-electron chi connectivity index (χ4n) is 3.82. The van der Waals surface area contributed by atoms with Gasteiger partial charge in [-0.15, -0.1) is 0 Å². The quantitative estimate of drug-likeness (QED) is 0.682. The summed E-state index contributed by atoms with van der Waals surface area (Å²) < 4.78 is 0. The number of likely N-dealkylation sites (tertiary alicyclic amines) is 1. The Labute approximate surface area is 141 Å². The molecule has 1 saturated heterocycles. The summed E-state index contributed by atoms with van der Waals surface area (Å²) in [6, 6.07) is 22.3. The second-order valence-corrected chi connectivity index (χ2v) is 6.70. The summed E-state index contributed by atoms with van der Waals surface area (Å²) in [6.07, 6.45) is 6.38. The van der Waals surface area contributed by atoms with E-state index in [1.54, 1.807) is 0 Å². The van der Waals surface area contributed by atoms with Crippen LogP contribution in [0.1, 0.15) is 49.3 Å². The van der Waals surface area contributed by atoms with Crippen LogP contribution in [-0.4, -0.2) is 18.0 Å². The van der Waals surface area contributed by atoms with E-state index in [1.165, 1.54) is 49.9 Å². The Kier molecular flexibility index (Phi) is 5.87. The van der Waals surface area contributed by atoms with Crippen molar-refractivity contribution in [1.29, 1.82) is 0 Å². The highest BCUT2D eigenvalue weighted by atomic mass is 15.2. The van der Waals surface area contributed by atoms with Crippen molar-refractivity contribution in [3.05, 3.63) is 78.7 Å². The van der Waals surface area contributed by atoms with Gasteiger partial charge in [0, 0.05) is 0 Å². The summed E-state index contributed by atoms with van der Waals surface area (Å²) in [5, 5.41) is 0. The Morgan fingerprint density at radius 3 is 1.87 bits per heavy atom. The highest BCUT2D eigenvalue weighted by molar-refractivity contribution is 5.31. The van der Waals surface area contributed by atoms with E-state index < -0.39 is 0 Å². The van der Waals surface area contributed by atoms with E-state index in [9.17, 15) is 0 Å². The van der Waals surface area contributed by atoms with Crippen molar-refractivity contribution in [2.24, 2.45) is 5.92 Å². The van der Waals surface area contributed by atoms with Crippen molar-refractivity contribution in [3.8, 4) is 0 Å². The lowest BCUT2D eigenvalue weighted by atomic mass is 9.88. The summed E-state index contributed by atoms with van der Waals surface area (Å²) in [5.41, 5.74) is 2.82. The fraction of sp³-hybridized carbons (Fsp3) is 0.409. The van der Waals surface area contributed by atoms with Gasteiger partial charge in [0.2, 0.25) is 0 Å². The zero-order valence-electron chi connectivity index (χ0n) is 14.0. The first-order valence-corrected chi connectivity index (χ1v) is 9.01. The largest absolute Gasteiger partial charge is 0.292 e. The third-order valence-corrected chi connectivity index (χ3v) is 5.11. The van der Waals surface area contributed by atoms with Crippen molar-refractivity contribution in [2.45, 2.75) is 38.1 Å². The van der Waals surface area contributed by atoms with Gasteiger partial charge in [-0.25, -0.2) is 0 Å². The number of nitrogens with zero attached hydrogens (tertiary/aromatic N) is 1. The molecule has 0 spiro atoms. The van der Waals surface area contributed by atoms with E-state index in [4.69, 9.17) is 0 Å². The highest BCUT2D eigenvalue weighted by Crippen LogP contribution is 2.33. The minimum atomic E-state index is 0.395. The normalized spacial score (nSPS) is 16.8. The molecule has 0 aromatic heterocycles. The first kappa shape index (κ1) is 16.3. The number of rotatable bonds is 6. The highest BCUT2D eigenvalue weighted by Gasteiger charge is 2.26. The Hall–Kier alpha value is -1.60. The second-order valence-electron chi connectivity index (χ2n) is 6.70. The average molecular weight is 306 g/mol. The maximum atomic E-state index is 3.98. The first-order valence-electron chi connectivity index (χ1n) is 9.01. The number of unbranched alkanes of at least 4 members (excludes halogenated alkanes) is 1. The molecule has 1 fully saturated rings. The molecule has 1 heterocycles. The number of benzene rings is 2. The van der Waals surface area contributed by atoms with Crippen molar-refractivity contribution in [1.82, 2.24) is 4.90 Å². The Morgan fingerprint density at radius 2 is 1.39 bits per heavy atom. The van der Waals surface area contributed by atoms with Crippen LogP contribution in [0.3, 0.4) is 0 Å². The molecular weight excluding hydrogens is 278 g/mol. The third kappa shape index (κ3) is 4.23. The number of hydrogen-bond acceptors (Lipinski definition) is 1. The van der Waals surface area contributed by atoms with Crippen LogP contribution in [0, 0.1) is 12.8 Å². The van der Waals surface area contributed by atoms with Crippen molar-refractivity contribution >= 4 is 0 Å². The maximum absolute atomic E-state index is 3.98. The lowest BCUT2D eigenvalue weighted by Gasteiger charge is -2.38. The fourth-order valence-corrected chi connectivity index (χ4v) is 3.82. The van der Waals surface area contributed by atoms with Gasteiger partial charge < -0.3 is 0 Å². The Morgan fingerprint density at radius 1 is 0.870 bits per heavy atom. The minimum absolute atomic E-state index is 0.395. The molecule has 0 atom stereocenters. The van der Waals surface area contributed by atoms with E-state index in [0.717, 1.165) is 12.3 Å². The number of hydrogen-bond donors (Lipinski definition) is 0. The first-order chi connectivity index (χ1) is 11.4. The summed E-state index contributed by atoms with van der Waals surface area (Å²) >= 11 is 0. The summed E-state index contributed by atoms with van der Waals surface area (Å²) in [5.74, 6) is 0.903. The number of piperidine rings is 1. The van der Waals surface area contributed by atoms with Gasteiger partial charge in [-0.05, 0) is 43.0 Å². The van der Waals surface area contributed by atoms with E-state index >= 15 is 0 Å². The molecule has 0 bridgehead atoms. The van der Waals surface area contributed by atoms with Crippen LogP contribution >= 0.6 is 0 Å². The maximum Gasteiger partial charge on any atom is 0.0601 e. The molecule has 1 nitrogen and oxygen atoms in total. The van der Waals surface area contributed by atoms with E-state index in [1.807, 2.05) is 0 Å². The van der Waals surface area contributed by atoms with Gasteiger partial charge in [-0.1, -0.05) is 86.8 Å². The molecule has 121 valence electrons. The second kappa shape index (κ2) is 8.31. The van der Waals surface area contributed by atoms with Gasteiger partial charge in [0.25, 0.3) is 0 Å². The molecular formula is C22H28N. The zero-order valence-corrected chi connectivity index (χ0v) is 14.0. The third-order valence-electron chi connectivity index (χ3n) is 5.11. The smallest absolute Gasteiger partial charge is 0.0601 e. The van der Waals surface area contributed by atoms with Crippen LogP contribution in [0.25, 0.3) is 0 Å². The standard InChI is InChI=1S/C22H28N/c1-2-3-10-19-15-17-23(18-16-19)22(20-11-6-4-7-12-20)21-13-8-5-9-14-21/h4-9,11-14,19,22H,1-3,10,15-18H2. The molecule has 0 amide bonds. The lowest BCUT2D eigenvalue weighted by molar-refractivity contribution is 0.146. The van der Waals surface area contributed by atoms with Crippen LogP contribution in [0.15, 0.2) is 60.7 Å². The molecule has 1 aliphatic rings. The molecule has 1 heteroatoms. The molecule has 0 saturated carbocycles. The van der Waals surface area contributed by atoms with Gasteiger partial charge >= 0.3 is 0 Å².